The third-order valence-electron chi connectivity index (χ3n) is 4.43. The molecule has 1 fully saturated rings. The van der Waals surface area contributed by atoms with E-state index in [1.165, 1.54) is 0 Å². The third-order valence-corrected chi connectivity index (χ3v) is 6.52. The molecule has 108 valence electrons. The van der Waals surface area contributed by atoms with Crippen LogP contribution in [0.3, 0.4) is 0 Å². The van der Waals surface area contributed by atoms with Gasteiger partial charge in [-0.3, -0.25) is 4.68 Å². The van der Waals surface area contributed by atoms with Gasteiger partial charge in [-0.15, -0.1) is 0 Å². The van der Waals surface area contributed by atoms with Gasteiger partial charge in [0, 0.05) is 19.2 Å². The molecule has 0 saturated carbocycles. The number of aromatic nitrogens is 2. The van der Waals surface area contributed by atoms with E-state index in [1.807, 2.05) is 23.5 Å². The topological polar surface area (TPSA) is 38.0 Å². The molecule has 0 amide bonds. The molecule has 0 aromatic carbocycles. The average molecular weight is 347 g/mol. The van der Waals surface area contributed by atoms with Crippen molar-refractivity contribution in [1.82, 2.24) is 9.78 Å². The fraction of sp³-hybridized carbons (Fsp3) is 0.786. The van der Waals surface area contributed by atoms with Crippen LogP contribution in [-0.2, 0) is 19.9 Å². The van der Waals surface area contributed by atoms with Crippen LogP contribution in [0.15, 0.2) is 4.47 Å². The first-order valence-electron chi connectivity index (χ1n) is 6.81. The third kappa shape index (κ3) is 2.74. The highest BCUT2D eigenvalue weighted by atomic mass is 79.9. The maximum Gasteiger partial charge on any atom is 0.0844 e. The summed E-state index contributed by atoms with van der Waals surface area (Å²) >= 11 is 5.50. The Kier molecular flexibility index (Phi) is 4.38. The minimum Gasteiger partial charge on any atom is -0.388 e. The zero-order valence-corrected chi connectivity index (χ0v) is 14.6. The molecule has 0 spiro atoms. The van der Waals surface area contributed by atoms with Crippen molar-refractivity contribution in [1.29, 1.82) is 0 Å². The molecule has 2 heterocycles. The number of aryl methyl sites for hydroxylation is 2. The van der Waals surface area contributed by atoms with E-state index in [0.29, 0.717) is 6.42 Å². The standard InChI is InChI=1S/C14H23BrN2OS/c1-5-10-12(15)11(17(4)16-10)8-14(18)9-19-7-6-13(14,2)3/h18H,5-9H2,1-4H3. The Morgan fingerprint density at radius 2 is 2.16 bits per heavy atom. The number of aliphatic hydroxyl groups is 1. The Labute approximate surface area is 128 Å². The van der Waals surface area contributed by atoms with Crippen LogP contribution in [0.2, 0.25) is 0 Å². The van der Waals surface area contributed by atoms with Gasteiger partial charge in [0.1, 0.15) is 0 Å². The van der Waals surface area contributed by atoms with Crippen molar-refractivity contribution in [3.63, 3.8) is 0 Å². The maximum atomic E-state index is 11.1. The quantitative estimate of drug-likeness (QED) is 0.913. The second kappa shape index (κ2) is 5.41. The van der Waals surface area contributed by atoms with Crippen molar-refractivity contribution in [3.05, 3.63) is 15.9 Å². The van der Waals surface area contributed by atoms with Crippen LogP contribution in [0.4, 0.5) is 0 Å². The lowest BCUT2D eigenvalue weighted by Crippen LogP contribution is -2.51. The van der Waals surface area contributed by atoms with Crippen molar-refractivity contribution < 1.29 is 5.11 Å². The Balaban J connectivity index is 2.32. The Morgan fingerprint density at radius 1 is 1.47 bits per heavy atom. The van der Waals surface area contributed by atoms with Crippen LogP contribution in [0.25, 0.3) is 0 Å². The molecule has 1 unspecified atom stereocenters. The maximum absolute atomic E-state index is 11.1. The predicted octanol–water partition coefficient (Wildman–Crippen LogP) is 3.18. The van der Waals surface area contributed by atoms with Gasteiger partial charge in [0.05, 0.1) is 21.5 Å². The van der Waals surface area contributed by atoms with Crippen LogP contribution in [0.5, 0.6) is 0 Å². The number of rotatable bonds is 3. The number of thioether (sulfide) groups is 1. The summed E-state index contributed by atoms with van der Waals surface area (Å²) < 4.78 is 2.98. The molecular weight excluding hydrogens is 324 g/mol. The monoisotopic (exact) mass is 346 g/mol. The van der Waals surface area contributed by atoms with E-state index < -0.39 is 5.60 Å². The predicted molar refractivity (Wildman–Crippen MR) is 84.7 cm³/mol. The normalized spacial score (nSPS) is 26.6. The Morgan fingerprint density at radius 3 is 2.68 bits per heavy atom. The first-order chi connectivity index (χ1) is 8.81. The van der Waals surface area contributed by atoms with Crippen LogP contribution in [-0.4, -0.2) is 32.0 Å². The summed E-state index contributed by atoms with van der Waals surface area (Å²) in [6.45, 7) is 6.46. The second-order valence-corrected chi connectivity index (χ2v) is 7.98. The van der Waals surface area contributed by atoms with E-state index >= 15 is 0 Å². The van der Waals surface area contributed by atoms with E-state index in [9.17, 15) is 5.11 Å². The second-order valence-electron chi connectivity index (χ2n) is 6.08. The van der Waals surface area contributed by atoms with Crippen LogP contribution >= 0.6 is 27.7 Å². The summed E-state index contributed by atoms with van der Waals surface area (Å²) in [5, 5.41) is 15.6. The van der Waals surface area contributed by atoms with Crippen LogP contribution in [0, 0.1) is 5.41 Å². The van der Waals surface area contributed by atoms with E-state index in [4.69, 9.17) is 0 Å². The fourth-order valence-electron chi connectivity index (χ4n) is 2.58. The molecule has 1 atom stereocenters. The molecule has 5 heteroatoms. The van der Waals surface area contributed by atoms with Gasteiger partial charge in [0.2, 0.25) is 0 Å². The Bertz CT molecular complexity index is 472. The summed E-state index contributed by atoms with van der Waals surface area (Å²) in [5.41, 5.74) is 1.48. The zero-order valence-electron chi connectivity index (χ0n) is 12.2. The molecule has 0 aliphatic carbocycles. The van der Waals surface area contributed by atoms with Crippen LogP contribution in [0.1, 0.15) is 38.6 Å². The minimum absolute atomic E-state index is 0.0473. The zero-order chi connectivity index (χ0) is 14.3. The van der Waals surface area contributed by atoms with Gasteiger partial charge < -0.3 is 5.11 Å². The summed E-state index contributed by atoms with van der Waals surface area (Å²) in [7, 11) is 1.96. The lowest BCUT2D eigenvalue weighted by molar-refractivity contribution is -0.0526. The van der Waals surface area contributed by atoms with Crippen molar-refractivity contribution in [2.75, 3.05) is 11.5 Å². The SMILES string of the molecule is CCc1nn(C)c(CC2(O)CSCCC2(C)C)c1Br. The smallest absolute Gasteiger partial charge is 0.0844 e. The van der Waals surface area contributed by atoms with E-state index in [1.54, 1.807) is 0 Å². The molecular formula is C14H23BrN2OS. The number of nitrogens with zero attached hydrogens (tertiary/aromatic N) is 2. The Hall–Kier alpha value is -0.000000000000000111. The van der Waals surface area contributed by atoms with E-state index in [-0.39, 0.29) is 5.41 Å². The number of hydrogen-bond acceptors (Lipinski definition) is 3. The van der Waals surface area contributed by atoms with Crippen molar-refractivity contribution in [2.45, 2.75) is 45.6 Å². The molecule has 1 aliphatic heterocycles. The highest BCUT2D eigenvalue weighted by molar-refractivity contribution is 9.10. The molecule has 1 aliphatic rings. The minimum atomic E-state index is -0.656. The summed E-state index contributed by atoms with van der Waals surface area (Å²) in [5.74, 6) is 1.95. The lowest BCUT2D eigenvalue weighted by atomic mass is 9.71. The van der Waals surface area contributed by atoms with Gasteiger partial charge in [-0.25, -0.2) is 0 Å². The molecule has 1 aromatic heterocycles. The largest absolute Gasteiger partial charge is 0.388 e. The van der Waals surface area contributed by atoms with Crippen molar-refractivity contribution in [3.8, 4) is 0 Å². The first kappa shape index (κ1) is 15.4. The van der Waals surface area contributed by atoms with Gasteiger partial charge in [0.25, 0.3) is 0 Å². The number of halogens is 1. The fourth-order valence-corrected chi connectivity index (χ4v) is 4.96. The van der Waals surface area contributed by atoms with Gasteiger partial charge in [-0.2, -0.15) is 16.9 Å². The molecule has 1 saturated heterocycles. The van der Waals surface area contributed by atoms with E-state index in [2.05, 4.69) is 41.8 Å². The van der Waals surface area contributed by atoms with Crippen LogP contribution < -0.4 is 0 Å². The average Bonchev–Trinajstić information content (AvgIpc) is 2.60. The molecule has 0 bridgehead atoms. The molecule has 0 radical (unpaired) electrons. The van der Waals surface area contributed by atoms with Gasteiger partial charge >= 0.3 is 0 Å². The summed E-state index contributed by atoms with van der Waals surface area (Å²) in [6.07, 6.45) is 2.63. The highest BCUT2D eigenvalue weighted by Crippen LogP contribution is 2.44. The van der Waals surface area contributed by atoms with Gasteiger partial charge in [-0.05, 0) is 39.9 Å². The van der Waals surface area contributed by atoms with Gasteiger partial charge in [0.15, 0.2) is 0 Å². The molecule has 19 heavy (non-hydrogen) atoms. The molecule has 3 nitrogen and oxygen atoms in total. The van der Waals surface area contributed by atoms with E-state index in [0.717, 1.165) is 40.2 Å². The summed E-state index contributed by atoms with van der Waals surface area (Å²) in [4.78, 5) is 0. The number of hydrogen-bond donors (Lipinski definition) is 1. The lowest BCUT2D eigenvalue weighted by Gasteiger charge is -2.46. The highest BCUT2D eigenvalue weighted by Gasteiger charge is 2.46. The molecule has 1 aromatic rings. The first-order valence-corrected chi connectivity index (χ1v) is 8.76. The summed E-state index contributed by atoms with van der Waals surface area (Å²) in [6, 6.07) is 0. The van der Waals surface area contributed by atoms with Crippen molar-refractivity contribution >= 4 is 27.7 Å². The molecule has 2 rings (SSSR count). The molecule has 1 N–H and O–H groups in total. The van der Waals surface area contributed by atoms with Gasteiger partial charge in [-0.1, -0.05) is 20.8 Å². The van der Waals surface area contributed by atoms with Crippen molar-refractivity contribution in [2.24, 2.45) is 12.5 Å².